The van der Waals surface area contributed by atoms with E-state index in [1.165, 1.54) is 27.8 Å². The number of hydrogen-bond donors (Lipinski definition) is 0. The number of ether oxygens (including phenoxy) is 1. The normalized spacial score (nSPS) is 13.9. The summed E-state index contributed by atoms with van der Waals surface area (Å²) < 4.78 is 6.64. The Morgan fingerprint density at radius 3 is 1.57 bits per heavy atom. The van der Waals surface area contributed by atoms with Gasteiger partial charge >= 0.3 is 0 Å². The Morgan fingerprint density at radius 2 is 0.870 bits per heavy atom. The SMILES string of the molecule is c1ccc(N2c3cc4c(nc3B3c5ccccc5Oc5cccc2c53)N(c2ccccc2)c2cccc3c2B4c2ccccc2N3c2ccccc2)cc1. The highest BCUT2D eigenvalue weighted by molar-refractivity contribution is 7.01. The lowest BCUT2D eigenvalue weighted by Gasteiger charge is -2.45. The second-order valence-corrected chi connectivity index (χ2v) is 14.3. The van der Waals surface area contributed by atoms with Gasteiger partial charge < -0.3 is 14.5 Å². The van der Waals surface area contributed by atoms with E-state index in [-0.39, 0.29) is 13.4 Å². The van der Waals surface area contributed by atoms with Crippen molar-refractivity contribution in [3.8, 4) is 11.5 Å². The summed E-state index contributed by atoms with van der Waals surface area (Å²) in [6.45, 7) is -0.161. The lowest BCUT2D eigenvalue weighted by molar-refractivity contribution is 0.487. The molecule has 0 fully saturated rings. The Hall–Kier alpha value is -6.98. The average Bonchev–Trinajstić information content (AvgIpc) is 3.24. The van der Waals surface area contributed by atoms with Crippen LogP contribution < -0.4 is 52.3 Å². The van der Waals surface area contributed by atoms with Gasteiger partial charge in [0.1, 0.15) is 17.3 Å². The Labute approximate surface area is 314 Å². The van der Waals surface area contributed by atoms with Crippen LogP contribution in [0.3, 0.4) is 0 Å². The summed E-state index contributed by atoms with van der Waals surface area (Å²) in [4.78, 5) is 13.1. The quantitative estimate of drug-likeness (QED) is 0.179. The Kier molecular flexibility index (Phi) is 6.17. The van der Waals surface area contributed by atoms with Crippen molar-refractivity contribution in [1.82, 2.24) is 4.98 Å². The van der Waals surface area contributed by atoms with Crippen LogP contribution in [0, 0.1) is 0 Å². The van der Waals surface area contributed by atoms with E-state index in [4.69, 9.17) is 9.72 Å². The van der Waals surface area contributed by atoms with Gasteiger partial charge in [-0.25, -0.2) is 4.98 Å². The van der Waals surface area contributed by atoms with Crippen molar-refractivity contribution in [2.24, 2.45) is 0 Å². The molecule has 0 atom stereocenters. The van der Waals surface area contributed by atoms with Crippen LogP contribution in [0.2, 0.25) is 0 Å². The second kappa shape index (κ2) is 11.3. The molecule has 5 nitrogen and oxygen atoms in total. The first-order valence-corrected chi connectivity index (χ1v) is 18.6. The Bertz CT molecular complexity index is 2800. The standard InChI is InChI=1S/C47H30B2N4O/c1-4-16-31(17-5-1)51-37-24-12-10-22-34(37)48-36-30-41-46(50-47(36)53(33-20-8-3-9-21-33)39-26-14-25-38(51)44(39)48)49-35-23-11-13-28-42(35)54-43-29-15-27-40(45(43)49)52(41)32-18-6-2-7-19-32/h1-30H. The highest BCUT2D eigenvalue weighted by Gasteiger charge is 2.48. The van der Waals surface area contributed by atoms with Crippen molar-refractivity contribution in [3.05, 3.63) is 182 Å². The maximum atomic E-state index is 6.64. The van der Waals surface area contributed by atoms with E-state index in [0.29, 0.717) is 0 Å². The molecule has 0 saturated carbocycles. The fraction of sp³-hybridized carbons (Fsp3) is 0. The van der Waals surface area contributed by atoms with Gasteiger partial charge in [0.15, 0.2) is 0 Å². The molecule has 0 spiro atoms. The summed E-state index contributed by atoms with van der Waals surface area (Å²) in [5.41, 5.74) is 16.0. The third-order valence-corrected chi connectivity index (χ3v) is 11.5. The van der Waals surface area contributed by atoms with Crippen LogP contribution in [-0.2, 0) is 0 Å². The number of hydrogen-bond acceptors (Lipinski definition) is 5. The molecular formula is C47H30B2N4O. The summed E-state index contributed by atoms with van der Waals surface area (Å²) in [7, 11) is 0. The lowest BCUT2D eigenvalue weighted by atomic mass is 9.32. The van der Waals surface area contributed by atoms with Gasteiger partial charge in [0.2, 0.25) is 0 Å². The van der Waals surface area contributed by atoms with E-state index in [1.807, 2.05) is 0 Å². The predicted molar refractivity (Wildman–Crippen MR) is 224 cm³/mol. The summed E-state index contributed by atoms with van der Waals surface area (Å²) in [5.74, 6) is 2.71. The molecule has 0 aliphatic carbocycles. The Balaban J connectivity index is 1.20. The highest BCUT2D eigenvalue weighted by atomic mass is 16.5. The minimum atomic E-state index is -0.112. The average molecular weight is 688 g/mol. The van der Waals surface area contributed by atoms with Crippen LogP contribution in [-0.4, -0.2) is 18.4 Å². The van der Waals surface area contributed by atoms with Crippen LogP contribution >= 0.6 is 0 Å². The lowest BCUT2D eigenvalue weighted by Crippen LogP contribution is -2.64. The molecule has 0 saturated heterocycles. The number of para-hydroxylation sites is 5. The van der Waals surface area contributed by atoms with Crippen LogP contribution in [0.1, 0.15) is 0 Å². The number of aromatic nitrogens is 1. The topological polar surface area (TPSA) is 31.8 Å². The minimum Gasteiger partial charge on any atom is -0.458 e. The molecule has 250 valence electrons. The van der Waals surface area contributed by atoms with E-state index in [9.17, 15) is 0 Å². The molecule has 8 aromatic rings. The molecule has 4 aliphatic heterocycles. The third-order valence-electron chi connectivity index (χ3n) is 11.5. The zero-order valence-corrected chi connectivity index (χ0v) is 29.2. The number of nitrogens with zero attached hydrogens (tertiary/aromatic N) is 4. The molecule has 7 heteroatoms. The van der Waals surface area contributed by atoms with Crippen LogP contribution in [0.5, 0.6) is 11.5 Å². The predicted octanol–water partition coefficient (Wildman–Crippen LogP) is 7.57. The van der Waals surface area contributed by atoms with Crippen molar-refractivity contribution in [1.29, 1.82) is 0 Å². The maximum Gasteiger partial charge on any atom is 0.279 e. The van der Waals surface area contributed by atoms with Gasteiger partial charge in [0.05, 0.1) is 5.69 Å². The smallest absolute Gasteiger partial charge is 0.279 e. The van der Waals surface area contributed by atoms with Crippen molar-refractivity contribution in [2.75, 3.05) is 14.7 Å². The fourth-order valence-electron chi connectivity index (χ4n) is 9.34. The van der Waals surface area contributed by atoms with E-state index < -0.39 is 0 Å². The number of benzene rings is 7. The van der Waals surface area contributed by atoms with Crippen LogP contribution in [0.4, 0.5) is 51.3 Å². The molecule has 5 heterocycles. The summed E-state index contributed by atoms with van der Waals surface area (Å²) in [6, 6.07) is 65.1. The minimum absolute atomic E-state index is 0.0487. The number of pyridine rings is 1. The summed E-state index contributed by atoms with van der Waals surface area (Å²) >= 11 is 0. The number of anilines is 9. The van der Waals surface area contributed by atoms with Gasteiger partial charge in [0.25, 0.3) is 13.4 Å². The monoisotopic (exact) mass is 688 g/mol. The molecule has 0 bridgehead atoms. The first-order chi connectivity index (χ1) is 26.8. The summed E-state index contributed by atoms with van der Waals surface area (Å²) in [6.07, 6.45) is 0. The molecule has 1 aromatic heterocycles. The van der Waals surface area contributed by atoms with E-state index in [1.54, 1.807) is 0 Å². The van der Waals surface area contributed by atoms with E-state index >= 15 is 0 Å². The molecule has 7 aromatic carbocycles. The highest BCUT2D eigenvalue weighted by Crippen LogP contribution is 2.45. The fourth-order valence-corrected chi connectivity index (χ4v) is 9.34. The van der Waals surface area contributed by atoms with Crippen molar-refractivity contribution >= 4 is 97.6 Å². The zero-order chi connectivity index (χ0) is 35.3. The van der Waals surface area contributed by atoms with Crippen molar-refractivity contribution in [3.63, 3.8) is 0 Å². The number of rotatable bonds is 3. The summed E-state index contributed by atoms with van der Waals surface area (Å²) in [5, 5.41) is 0. The molecule has 0 amide bonds. The molecular weight excluding hydrogens is 658 g/mol. The molecule has 4 aliphatic rings. The van der Waals surface area contributed by atoms with Gasteiger partial charge in [-0.15, -0.1) is 0 Å². The largest absolute Gasteiger partial charge is 0.458 e. The van der Waals surface area contributed by atoms with E-state index in [2.05, 4.69) is 197 Å². The molecule has 54 heavy (non-hydrogen) atoms. The Morgan fingerprint density at radius 1 is 0.370 bits per heavy atom. The van der Waals surface area contributed by atoms with Gasteiger partial charge in [0, 0.05) is 45.4 Å². The van der Waals surface area contributed by atoms with E-state index in [0.717, 1.165) is 68.0 Å². The maximum absolute atomic E-state index is 6.64. The number of fused-ring (bicyclic) bond motifs is 8. The van der Waals surface area contributed by atoms with Crippen molar-refractivity contribution in [2.45, 2.75) is 0 Å². The third kappa shape index (κ3) is 4.04. The molecule has 12 rings (SSSR count). The van der Waals surface area contributed by atoms with Gasteiger partial charge in [-0.3, -0.25) is 4.90 Å². The molecule has 0 N–H and O–H groups in total. The van der Waals surface area contributed by atoms with Gasteiger partial charge in [-0.2, -0.15) is 0 Å². The zero-order valence-electron chi connectivity index (χ0n) is 29.2. The first kappa shape index (κ1) is 29.6. The van der Waals surface area contributed by atoms with Crippen molar-refractivity contribution < 1.29 is 4.74 Å². The molecule has 0 unspecified atom stereocenters. The second-order valence-electron chi connectivity index (χ2n) is 14.3. The van der Waals surface area contributed by atoms with Gasteiger partial charge in [-0.05, 0) is 106 Å². The van der Waals surface area contributed by atoms with Crippen LogP contribution in [0.15, 0.2) is 182 Å². The first-order valence-electron chi connectivity index (χ1n) is 18.6. The molecule has 0 radical (unpaired) electrons. The van der Waals surface area contributed by atoms with Gasteiger partial charge in [-0.1, -0.05) is 103 Å². The van der Waals surface area contributed by atoms with Crippen LogP contribution in [0.25, 0.3) is 0 Å².